The second-order valence-electron chi connectivity index (χ2n) is 5.95. The Balaban J connectivity index is 1.78. The van der Waals surface area contributed by atoms with Crippen LogP contribution in [0.25, 0.3) is 5.69 Å². The summed E-state index contributed by atoms with van der Waals surface area (Å²) in [7, 11) is 0. The summed E-state index contributed by atoms with van der Waals surface area (Å²) in [5.74, 6) is -0.706. The number of amides is 1. The number of carbonyl (C=O) groups is 1. The fourth-order valence-electron chi connectivity index (χ4n) is 2.43. The first kappa shape index (κ1) is 18.4. The molecule has 1 aromatic heterocycles. The van der Waals surface area contributed by atoms with Gasteiger partial charge in [0.2, 0.25) is 0 Å². The molecule has 6 nitrogen and oxygen atoms in total. The SMILES string of the molecule is Cc1ccc(CNC(=O)c2nnn(-c3cccc(C(F)(F)F)c3)c2N)cc1. The normalized spacial score (nSPS) is 11.4. The summed E-state index contributed by atoms with van der Waals surface area (Å²) in [5.41, 5.74) is 6.92. The zero-order chi connectivity index (χ0) is 19.6. The highest BCUT2D eigenvalue weighted by Gasteiger charge is 2.31. The van der Waals surface area contributed by atoms with E-state index in [9.17, 15) is 18.0 Å². The number of nitrogens with zero attached hydrogens (tertiary/aromatic N) is 3. The van der Waals surface area contributed by atoms with Crippen LogP contribution in [0.15, 0.2) is 48.5 Å². The maximum absolute atomic E-state index is 12.9. The summed E-state index contributed by atoms with van der Waals surface area (Å²) in [6, 6.07) is 12.0. The van der Waals surface area contributed by atoms with Crippen molar-refractivity contribution < 1.29 is 18.0 Å². The number of rotatable bonds is 4. The number of aromatic nitrogens is 3. The van der Waals surface area contributed by atoms with Crippen LogP contribution in [0.2, 0.25) is 0 Å². The fraction of sp³-hybridized carbons (Fsp3) is 0.167. The van der Waals surface area contributed by atoms with Crippen LogP contribution in [0.3, 0.4) is 0 Å². The minimum atomic E-state index is -4.50. The summed E-state index contributed by atoms with van der Waals surface area (Å²) in [4.78, 5) is 12.3. The predicted octanol–water partition coefficient (Wildman–Crippen LogP) is 3.11. The summed E-state index contributed by atoms with van der Waals surface area (Å²) >= 11 is 0. The Morgan fingerprint density at radius 3 is 2.56 bits per heavy atom. The third-order valence-electron chi connectivity index (χ3n) is 3.91. The summed E-state index contributed by atoms with van der Waals surface area (Å²) in [6.07, 6.45) is -4.50. The lowest BCUT2D eigenvalue weighted by Gasteiger charge is -2.09. The van der Waals surface area contributed by atoms with Crippen molar-refractivity contribution in [2.75, 3.05) is 5.73 Å². The zero-order valence-electron chi connectivity index (χ0n) is 14.3. The fourth-order valence-corrected chi connectivity index (χ4v) is 2.43. The molecule has 3 N–H and O–H groups in total. The average molecular weight is 375 g/mol. The molecule has 1 heterocycles. The van der Waals surface area contributed by atoms with E-state index in [2.05, 4.69) is 15.6 Å². The van der Waals surface area contributed by atoms with Gasteiger partial charge in [0.1, 0.15) is 0 Å². The van der Waals surface area contributed by atoms with E-state index < -0.39 is 17.6 Å². The van der Waals surface area contributed by atoms with E-state index in [1.54, 1.807) is 0 Å². The second kappa shape index (κ2) is 7.10. The van der Waals surface area contributed by atoms with Crippen LogP contribution < -0.4 is 11.1 Å². The molecule has 3 rings (SSSR count). The maximum atomic E-state index is 12.9. The molecule has 1 amide bonds. The van der Waals surface area contributed by atoms with Gasteiger partial charge in [-0.15, -0.1) is 5.10 Å². The Morgan fingerprint density at radius 1 is 1.19 bits per heavy atom. The molecule has 0 bridgehead atoms. The van der Waals surface area contributed by atoms with Crippen molar-refractivity contribution in [2.45, 2.75) is 19.6 Å². The Bertz CT molecular complexity index is 964. The van der Waals surface area contributed by atoms with Gasteiger partial charge in [0.25, 0.3) is 5.91 Å². The molecular formula is C18H16F3N5O. The second-order valence-corrected chi connectivity index (χ2v) is 5.95. The van der Waals surface area contributed by atoms with Crippen LogP contribution in [0, 0.1) is 6.92 Å². The van der Waals surface area contributed by atoms with Crippen LogP contribution in [-0.4, -0.2) is 20.9 Å². The number of anilines is 1. The molecular weight excluding hydrogens is 359 g/mol. The van der Waals surface area contributed by atoms with E-state index in [1.807, 2.05) is 31.2 Å². The molecule has 0 fully saturated rings. The van der Waals surface area contributed by atoms with Crippen LogP contribution in [-0.2, 0) is 12.7 Å². The third kappa shape index (κ3) is 4.08. The molecule has 140 valence electrons. The minimum Gasteiger partial charge on any atom is -0.382 e. The van der Waals surface area contributed by atoms with Gasteiger partial charge in [-0.05, 0) is 30.7 Å². The summed E-state index contributed by atoms with van der Waals surface area (Å²) < 4.78 is 39.6. The number of nitrogens with two attached hydrogens (primary N) is 1. The molecule has 3 aromatic rings. The molecule has 0 saturated carbocycles. The molecule has 27 heavy (non-hydrogen) atoms. The molecule has 9 heteroatoms. The molecule has 0 spiro atoms. The molecule has 0 aliphatic heterocycles. The zero-order valence-corrected chi connectivity index (χ0v) is 14.3. The number of hydrogen-bond acceptors (Lipinski definition) is 4. The molecule has 0 aliphatic rings. The van der Waals surface area contributed by atoms with Crippen molar-refractivity contribution in [3.63, 3.8) is 0 Å². The van der Waals surface area contributed by atoms with Gasteiger partial charge in [0.05, 0.1) is 11.3 Å². The van der Waals surface area contributed by atoms with E-state index >= 15 is 0 Å². The first-order chi connectivity index (χ1) is 12.8. The number of nitrogen functional groups attached to an aromatic ring is 1. The van der Waals surface area contributed by atoms with Gasteiger partial charge in [0.15, 0.2) is 11.5 Å². The van der Waals surface area contributed by atoms with Gasteiger partial charge in [-0.25, -0.2) is 0 Å². The van der Waals surface area contributed by atoms with Crippen molar-refractivity contribution in [3.05, 3.63) is 70.9 Å². The highest BCUT2D eigenvalue weighted by atomic mass is 19.4. The topological polar surface area (TPSA) is 85.8 Å². The van der Waals surface area contributed by atoms with Crippen molar-refractivity contribution in [2.24, 2.45) is 0 Å². The first-order valence-corrected chi connectivity index (χ1v) is 7.98. The quantitative estimate of drug-likeness (QED) is 0.734. The van der Waals surface area contributed by atoms with Gasteiger partial charge in [-0.1, -0.05) is 41.1 Å². The number of benzene rings is 2. The number of carbonyl (C=O) groups excluding carboxylic acids is 1. The van der Waals surface area contributed by atoms with Crippen LogP contribution in [0.4, 0.5) is 19.0 Å². The molecule has 0 atom stereocenters. The minimum absolute atomic E-state index is 0.0624. The summed E-state index contributed by atoms with van der Waals surface area (Å²) in [5, 5.41) is 10.1. The number of halogens is 3. The monoisotopic (exact) mass is 375 g/mol. The van der Waals surface area contributed by atoms with Crippen LogP contribution in [0.1, 0.15) is 27.2 Å². The van der Waals surface area contributed by atoms with Crippen molar-refractivity contribution in [3.8, 4) is 5.69 Å². The van der Waals surface area contributed by atoms with Crippen LogP contribution in [0.5, 0.6) is 0 Å². The van der Waals surface area contributed by atoms with E-state index in [4.69, 9.17) is 5.73 Å². The largest absolute Gasteiger partial charge is 0.416 e. The number of aryl methyl sites for hydroxylation is 1. The summed E-state index contributed by atoms with van der Waals surface area (Å²) in [6.45, 7) is 2.21. The van der Waals surface area contributed by atoms with Crippen LogP contribution >= 0.6 is 0 Å². The Kier molecular flexibility index (Phi) is 4.85. The molecule has 0 unspecified atom stereocenters. The third-order valence-corrected chi connectivity index (χ3v) is 3.91. The molecule has 0 radical (unpaired) electrons. The first-order valence-electron chi connectivity index (χ1n) is 7.98. The molecule has 2 aromatic carbocycles. The maximum Gasteiger partial charge on any atom is 0.416 e. The molecule has 0 aliphatic carbocycles. The standard InChI is InChI=1S/C18H16F3N5O/c1-11-5-7-12(8-6-11)10-23-17(27)15-16(22)26(25-24-15)14-4-2-3-13(9-14)18(19,20)21/h2-9H,10,22H2,1H3,(H,23,27). The highest BCUT2D eigenvalue weighted by molar-refractivity contribution is 5.96. The lowest BCUT2D eigenvalue weighted by molar-refractivity contribution is -0.137. The lowest BCUT2D eigenvalue weighted by atomic mass is 10.1. The van der Waals surface area contributed by atoms with Gasteiger partial charge in [0, 0.05) is 6.54 Å². The van der Waals surface area contributed by atoms with Gasteiger partial charge in [-0.3, -0.25) is 4.79 Å². The van der Waals surface area contributed by atoms with E-state index in [-0.39, 0.29) is 23.7 Å². The van der Waals surface area contributed by atoms with E-state index in [1.165, 1.54) is 12.1 Å². The van der Waals surface area contributed by atoms with Gasteiger partial charge >= 0.3 is 6.18 Å². The predicted molar refractivity (Wildman–Crippen MR) is 93.1 cm³/mol. The number of nitrogens with one attached hydrogen (secondary N) is 1. The number of hydrogen-bond donors (Lipinski definition) is 2. The van der Waals surface area contributed by atoms with Crippen molar-refractivity contribution in [1.29, 1.82) is 0 Å². The lowest BCUT2D eigenvalue weighted by Crippen LogP contribution is -2.24. The van der Waals surface area contributed by atoms with E-state index in [0.29, 0.717) is 0 Å². The van der Waals surface area contributed by atoms with Crippen molar-refractivity contribution in [1.82, 2.24) is 20.3 Å². The van der Waals surface area contributed by atoms with Crippen molar-refractivity contribution >= 4 is 11.7 Å². The number of alkyl halides is 3. The van der Waals surface area contributed by atoms with Gasteiger partial charge < -0.3 is 11.1 Å². The Morgan fingerprint density at radius 2 is 1.89 bits per heavy atom. The molecule has 0 saturated heterocycles. The Hall–Kier alpha value is -3.36. The smallest absolute Gasteiger partial charge is 0.382 e. The van der Waals surface area contributed by atoms with E-state index in [0.717, 1.165) is 27.9 Å². The Labute approximate surface area is 152 Å². The average Bonchev–Trinajstić information content (AvgIpc) is 3.02. The van der Waals surface area contributed by atoms with Gasteiger partial charge in [-0.2, -0.15) is 17.9 Å². The highest BCUT2D eigenvalue weighted by Crippen LogP contribution is 2.30.